The molecule has 0 bridgehead atoms. The zero-order chi connectivity index (χ0) is 12.6. The summed E-state index contributed by atoms with van der Waals surface area (Å²) in [6.07, 6.45) is 0.490. The van der Waals surface area contributed by atoms with Crippen LogP contribution in [0.3, 0.4) is 0 Å². The fourth-order valence-corrected chi connectivity index (χ4v) is 2.27. The second-order valence-corrected chi connectivity index (χ2v) is 5.51. The normalized spacial score (nSPS) is 17.8. The maximum absolute atomic E-state index is 12.0. The van der Waals surface area contributed by atoms with Gasteiger partial charge in [0, 0.05) is 18.6 Å². The third-order valence-electron chi connectivity index (χ3n) is 3.30. The van der Waals surface area contributed by atoms with Crippen LogP contribution < -0.4 is 5.73 Å². The summed E-state index contributed by atoms with van der Waals surface area (Å²) in [5, 5.41) is 0. The predicted molar refractivity (Wildman–Crippen MR) is 68.8 cm³/mol. The van der Waals surface area contributed by atoms with Gasteiger partial charge in [-0.15, -0.1) is 0 Å². The van der Waals surface area contributed by atoms with Crippen molar-refractivity contribution in [2.75, 3.05) is 13.1 Å². The highest BCUT2D eigenvalue weighted by Gasteiger charge is 2.37. The zero-order valence-corrected chi connectivity index (χ0v) is 10.8. The van der Waals surface area contributed by atoms with Gasteiger partial charge < -0.3 is 10.6 Å². The molecule has 1 aromatic rings. The third kappa shape index (κ3) is 2.67. The topological polar surface area (TPSA) is 46.3 Å². The zero-order valence-electron chi connectivity index (χ0n) is 10.8. The highest BCUT2D eigenvalue weighted by Crippen LogP contribution is 2.19. The molecule has 3 nitrogen and oxygen atoms in total. The highest BCUT2D eigenvalue weighted by molar-refractivity contribution is 5.80. The molecular weight excluding hydrogens is 212 g/mol. The number of hydrogen-bond acceptors (Lipinski definition) is 2. The van der Waals surface area contributed by atoms with Gasteiger partial charge in [0.1, 0.15) is 0 Å². The van der Waals surface area contributed by atoms with Crippen molar-refractivity contribution >= 4 is 5.91 Å². The molecule has 1 aromatic carbocycles. The minimum Gasteiger partial charge on any atom is -0.339 e. The van der Waals surface area contributed by atoms with Crippen LogP contribution in [0.1, 0.15) is 23.6 Å². The Kier molecular flexibility index (Phi) is 2.96. The van der Waals surface area contributed by atoms with Crippen molar-refractivity contribution < 1.29 is 4.79 Å². The first-order chi connectivity index (χ1) is 7.87. The van der Waals surface area contributed by atoms with Crippen molar-refractivity contribution in [1.82, 2.24) is 4.90 Å². The lowest BCUT2D eigenvalue weighted by Crippen LogP contribution is -2.67. The quantitative estimate of drug-likeness (QED) is 0.838. The molecule has 1 heterocycles. The average molecular weight is 232 g/mol. The Morgan fingerprint density at radius 3 is 2.65 bits per heavy atom. The van der Waals surface area contributed by atoms with Crippen molar-refractivity contribution in [1.29, 1.82) is 0 Å². The van der Waals surface area contributed by atoms with Gasteiger partial charge in [-0.25, -0.2) is 0 Å². The van der Waals surface area contributed by atoms with Crippen LogP contribution in [0.25, 0.3) is 0 Å². The van der Waals surface area contributed by atoms with E-state index in [0.29, 0.717) is 19.5 Å². The molecule has 0 saturated carbocycles. The molecule has 0 radical (unpaired) electrons. The van der Waals surface area contributed by atoms with Gasteiger partial charge in [0.15, 0.2) is 0 Å². The Balaban J connectivity index is 2.02. The van der Waals surface area contributed by atoms with E-state index in [1.165, 1.54) is 11.1 Å². The van der Waals surface area contributed by atoms with Gasteiger partial charge in [0.25, 0.3) is 0 Å². The minimum atomic E-state index is -0.183. The Labute approximate surface area is 103 Å². The molecule has 1 aliphatic rings. The van der Waals surface area contributed by atoms with Gasteiger partial charge in [-0.1, -0.05) is 23.8 Å². The highest BCUT2D eigenvalue weighted by atomic mass is 16.2. The van der Waals surface area contributed by atoms with Crippen molar-refractivity contribution in [3.63, 3.8) is 0 Å². The Hall–Kier alpha value is -1.35. The van der Waals surface area contributed by atoms with E-state index < -0.39 is 0 Å². The Morgan fingerprint density at radius 2 is 2.06 bits per heavy atom. The molecule has 0 atom stereocenters. The van der Waals surface area contributed by atoms with Gasteiger partial charge in [-0.05, 0) is 31.9 Å². The van der Waals surface area contributed by atoms with Gasteiger partial charge in [0.05, 0.1) is 6.42 Å². The summed E-state index contributed by atoms with van der Waals surface area (Å²) in [4.78, 5) is 13.9. The Bertz CT molecular complexity index is 444. The molecule has 1 saturated heterocycles. The van der Waals surface area contributed by atoms with Gasteiger partial charge >= 0.3 is 0 Å². The van der Waals surface area contributed by atoms with Crippen molar-refractivity contribution in [3.8, 4) is 0 Å². The van der Waals surface area contributed by atoms with Crippen LogP contribution in [0.15, 0.2) is 18.2 Å². The van der Waals surface area contributed by atoms with E-state index in [9.17, 15) is 4.79 Å². The number of benzene rings is 1. The number of carbonyl (C=O) groups excluding carboxylic acids is 1. The summed E-state index contributed by atoms with van der Waals surface area (Å²) in [6.45, 7) is 7.43. The molecule has 0 spiro atoms. The van der Waals surface area contributed by atoms with E-state index in [1.54, 1.807) is 0 Å². The van der Waals surface area contributed by atoms with Crippen LogP contribution in [0.2, 0.25) is 0 Å². The summed E-state index contributed by atoms with van der Waals surface area (Å²) in [5.41, 5.74) is 9.23. The molecule has 0 aromatic heterocycles. The fourth-order valence-electron chi connectivity index (χ4n) is 2.27. The van der Waals surface area contributed by atoms with E-state index in [4.69, 9.17) is 5.73 Å². The maximum atomic E-state index is 12.0. The fraction of sp³-hybridized carbons (Fsp3) is 0.500. The van der Waals surface area contributed by atoms with Crippen molar-refractivity contribution in [2.24, 2.45) is 5.73 Å². The largest absolute Gasteiger partial charge is 0.339 e. The van der Waals surface area contributed by atoms with Crippen LogP contribution >= 0.6 is 0 Å². The minimum absolute atomic E-state index is 0.182. The van der Waals surface area contributed by atoms with Gasteiger partial charge in [-0.2, -0.15) is 0 Å². The van der Waals surface area contributed by atoms with Crippen LogP contribution in [-0.2, 0) is 11.2 Å². The van der Waals surface area contributed by atoms with Crippen LogP contribution in [0.4, 0.5) is 0 Å². The molecule has 0 unspecified atom stereocenters. The molecule has 3 heteroatoms. The van der Waals surface area contributed by atoms with Crippen molar-refractivity contribution in [2.45, 2.75) is 32.7 Å². The van der Waals surface area contributed by atoms with Crippen LogP contribution in [0.5, 0.6) is 0 Å². The van der Waals surface area contributed by atoms with Crippen LogP contribution in [-0.4, -0.2) is 29.4 Å². The summed E-state index contributed by atoms with van der Waals surface area (Å²) in [6, 6.07) is 6.24. The molecule has 2 rings (SSSR count). The summed E-state index contributed by atoms with van der Waals surface area (Å²) >= 11 is 0. The molecule has 1 fully saturated rings. The van der Waals surface area contributed by atoms with E-state index in [-0.39, 0.29) is 11.4 Å². The molecule has 2 N–H and O–H groups in total. The second kappa shape index (κ2) is 4.15. The van der Waals surface area contributed by atoms with Crippen molar-refractivity contribution in [3.05, 3.63) is 34.9 Å². The number of likely N-dealkylation sites (tertiary alicyclic amines) is 1. The number of amides is 1. The van der Waals surface area contributed by atoms with E-state index >= 15 is 0 Å². The van der Waals surface area contributed by atoms with Gasteiger partial charge in [-0.3, -0.25) is 4.79 Å². The molecule has 1 aliphatic heterocycles. The summed E-state index contributed by atoms with van der Waals surface area (Å²) in [5.74, 6) is 0.182. The maximum Gasteiger partial charge on any atom is 0.227 e. The first kappa shape index (κ1) is 12.1. The number of carbonyl (C=O) groups is 1. The standard InChI is InChI=1S/C14H20N2O/c1-10-4-5-11(2)12(6-10)7-13(17)16-8-14(3,15)9-16/h4-6H,7-9,15H2,1-3H3. The SMILES string of the molecule is Cc1ccc(C)c(CC(=O)N2CC(C)(N)C2)c1. The summed E-state index contributed by atoms with van der Waals surface area (Å²) in [7, 11) is 0. The first-order valence-electron chi connectivity index (χ1n) is 6.00. The third-order valence-corrected chi connectivity index (χ3v) is 3.30. The monoisotopic (exact) mass is 232 g/mol. The van der Waals surface area contributed by atoms with Gasteiger partial charge in [0.2, 0.25) is 5.91 Å². The van der Waals surface area contributed by atoms with E-state index in [0.717, 1.165) is 5.56 Å². The lowest BCUT2D eigenvalue weighted by Gasteiger charge is -2.45. The average Bonchev–Trinajstić information content (AvgIpc) is 2.20. The Morgan fingerprint density at radius 1 is 1.41 bits per heavy atom. The smallest absolute Gasteiger partial charge is 0.227 e. The number of nitrogens with zero attached hydrogens (tertiary/aromatic N) is 1. The molecule has 17 heavy (non-hydrogen) atoms. The molecule has 1 amide bonds. The lowest BCUT2D eigenvalue weighted by molar-refractivity contribution is -0.137. The lowest BCUT2D eigenvalue weighted by atomic mass is 9.92. The number of aryl methyl sites for hydroxylation is 2. The number of rotatable bonds is 2. The van der Waals surface area contributed by atoms with E-state index in [1.807, 2.05) is 25.7 Å². The molecule has 92 valence electrons. The molecular formula is C14H20N2O. The predicted octanol–water partition coefficient (Wildman–Crippen LogP) is 1.41. The number of hydrogen-bond donors (Lipinski definition) is 1. The molecule has 0 aliphatic carbocycles. The van der Waals surface area contributed by atoms with Crippen LogP contribution in [0, 0.1) is 13.8 Å². The van der Waals surface area contributed by atoms with E-state index in [2.05, 4.69) is 18.2 Å². The number of nitrogens with two attached hydrogens (primary N) is 1. The second-order valence-electron chi connectivity index (χ2n) is 5.51. The first-order valence-corrected chi connectivity index (χ1v) is 6.00. The summed E-state index contributed by atoms with van der Waals surface area (Å²) < 4.78 is 0.